The molecule has 162 valence electrons. The Bertz CT molecular complexity index is 866. The number of aliphatic hydroxyl groups is 1. The molecule has 1 aliphatic rings. The average molecular weight is 450 g/mol. The summed E-state index contributed by atoms with van der Waals surface area (Å²) >= 11 is 7.58. The Labute approximate surface area is 186 Å². The topological polar surface area (TPSA) is 77.8 Å². The lowest BCUT2D eigenvalue weighted by molar-refractivity contribution is -0.123. The molecule has 1 fully saturated rings. The first kappa shape index (κ1) is 22.8. The van der Waals surface area contributed by atoms with E-state index in [4.69, 9.17) is 16.7 Å². The molecular formula is C23H28ClNO4S. The van der Waals surface area contributed by atoms with Crippen molar-refractivity contribution >= 4 is 40.5 Å². The fraction of sp³-hybridized carbons (Fsp3) is 0.478. The SMILES string of the molecule is CCCCCC(O)c1ccc(N2C(=O)C(Cl)[C@@H]2CCCc2ccc(C(=O)O)s2)cc1. The van der Waals surface area contributed by atoms with Crippen LogP contribution in [0.1, 0.15) is 71.7 Å². The first-order valence-corrected chi connectivity index (χ1v) is 11.7. The summed E-state index contributed by atoms with van der Waals surface area (Å²) in [6.07, 6.45) is 5.84. The highest BCUT2D eigenvalue weighted by Crippen LogP contribution is 2.35. The van der Waals surface area contributed by atoms with Gasteiger partial charge in [0.05, 0.1) is 12.1 Å². The molecule has 3 atom stereocenters. The van der Waals surface area contributed by atoms with E-state index < -0.39 is 17.5 Å². The van der Waals surface area contributed by atoms with Crippen molar-refractivity contribution < 1.29 is 19.8 Å². The number of rotatable bonds is 11. The van der Waals surface area contributed by atoms with Gasteiger partial charge in [-0.05, 0) is 55.5 Å². The fourth-order valence-corrected chi connectivity index (χ4v) is 5.06. The molecule has 2 aromatic rings. The Hall–Kier alpha value is -1.89. The molecule has 2 heterocycles. The van der Waals surface area contributed by atoms with E-state index in [1.165, 1.54) is 11.3 Å². The van der Waals surface area contributed by atoms with Crippen LogP contribution in [-0.2, 0) is 11.2 Å². The largest absolute Gasteiger partial charge is 0.477 e. The summed E-state index contributed by atoms with van der Waals surface area (Å²) in [7, 11) is 0. The molecule has 0 spiro atoms. The van der Waals surface area contributed by atoms with Crippen molar-refractivity contribution in [1.82, 2.24) is 0 Å². The van der Waals surface area contributed by atoms with Crippen molar-refractivity contribution in [3.63, 3.8) is 0 Å². The van der Waals surface area contributed by atoms with Crippen molar-refractivity contribution in [2.45, 2.75) is 69.4 Å². The number of nitrogens with zero attached hydrogens (tertiary/aromatic N) is 1. The van der Waals surface area contributed by atoms with Crippen molar-refractivity contribution in [2.75, 3.05) is 4.90 Å². The number of aryl methyl sites for hydroxylation is 1. The summed E-state index contributed by atoms with van der Waals surface area (Å²) in [5.74, 6) is -0.996. The smallest absolute Gasteiger partial charge is 0.345 e. The van der Waals surface area contributed by atoms with Gasteiger partial charge in [0.15, 0.2) is 0 Å². The Kier molecular flexibility index (Phi) is 7.92. The lowest BCUT2D eigenvalue weighted by Gasteiger charge is -2.44. The van der Waals surface area contributed by atoms with Gasteiger partial charge in [-0.25, -0.2) is 4.79 Å². The maximum atomic E-state index is 12.4. The third kappa shape index (κ3) is 5.23. The van der Waals surface area contributed by atoms with E-state index in [0.29, 0.717) is 4.88 Å². The van der Waals surface area contributed by atoms with Crippen LogP contribution < -0.4 is 4.90 Å². The number of hydrogen-bond donors (Lipinski definition) is 2. The van der Waals surface area contributed by atoms with Gasteiger partial charge in [-0.15, -0.1) is 22.9 Å². The number of carbonyl (C=O) groups is 2. The van der Waals surface area contributed by atoms with Gasteiger partial charge in [0, 0.05) is 10.6 Å². The maximum Gasteiger partial charge on any atom is 0.345 e. The van der Waals surface area contributed by atoms with E-state index in [1.807, 2.05) is 30.3 Å². The summed E-state index contributed by atoms with van der Waals surface area (Å²) in [6.45, 7) is 2.14. The number of halogens is 1. The lowest BCUT2D eigenvalue weighted by Crippen LogP contribution is -2.62. The van der Waals surface area contributed by atoms with Crippen LogP contribution in [0.5, 0.6) is 0 Å². The summed E-state index contributed by atoms with van der Waals surface area (Å²) in [5.41, 5.74) is 1.67. The quantitative estimate of drug-likeness (QED) is 0.273. The first-order valence-electron chi connectivity index (χ1n) is 10.5. The summed E-state index contributed by atoms with van der Waals surface area (Å²) in [6, 6.07) is 10.9. The van der Waals surface area contributed by atoms with E-state index in [9.17, 15) is 14.7 Å². The molecular weight excluding hydrogens is 422 g/mol. The maximum absolute atomic E-state index is 12.4. The molecule has 0 aliphatic carbocycles. The van der Waals surface area contributed by atoms with Crippen LogP contribution in [0.4, 0.5) is 5.69 Å². The van der Waals surface area contributed by atoms with E-state index in [0.717, 1.165) is 61.1 Å². The summed E-state index contributed by atoms with van der Waals surface area (Å²) in [4.78, 5) is 26.5. The number of carboxylic acid groups (broad SMARTS) is 1. The van der Waals surface area contributed by atoms with Gasteiger partial charge in [-0.1, -0.05) is 38.3 Å². The predicted molar refractivity (Wildman–Crippen MR) is 121 cm³/mol. The van der Waals surface area contributed by atoms with Crippen LogP contribution in [0.3, 0.4) is 0 Å². The molecule has 5 nitrogen and oxygen atoms in total. The van der Waals surface area contributed by atoms with Gasteiger partial charge in [0.25, 0.3) is 0 Å². The molecule has 3 rings (SSSR count). The third-order valence-corrected chi connectivity index (χ3v) is 7.19. The number of aromatic carboxylic acids is 1. The monoisotopic (exact) mass is 449 g/mol. The molecule has 1 aliphatic heterocycles. The van der Waals surface area contributed by atoms with Crippen LogP contribution >= 0.6 is 22.9 Å². The number of carboxylic acids is 1. The van der Waals surface area contributed by atoms with Gasteiger partial charge < -0.3 is 15.1 Å². The minimum atomic E-state index is -0.901. The first-order chi connectivity index (χ1) is 14.4. The number of alkyl halides is 1. The van der Waals surface area contributed by atoms with Crippen LogP contribution in [0.15, 0.2) is 36.4 Å². The zero-order valence-corrected chi connectivity index (χ0v) is 18.7. The zero-order chi connectivity index (χ0) is 21.7. The Morgan fingerprint density at radius 3 is 2.53 bits per heavy atom. The molecule has 1 amide bonds. The van der Waals surface area contributed by atoms with E-state index in [2.05, 4.69) is 6.92 Å². The highest BCUT2D eigenvalue weighted by molar-refractivity contribution is 7.13. The van der Waals surface area contributed by atoms with Gasteiger partial charge in [0.2, 0.25) is 5.91 Å². The molecule has 7 heteroatoms. The van der Waals surface area contributed by atoms with Crippen molar-refractivity contribution in [3.8, 4) is 0 Å². The number of β-lactam (4-membered cyclic amide) rings is 1. The van der Waals surface area contributed by atoms with Crippen molar-refractivity contribution in [1.29, 1.82) is 0 Å². The molecule has 2 N–H and O–H groups in total. The molecule has 30 heavy (non-hydrogen) atoms. The van der Waals surface area contributed by atoms with Crippen LogP contribution in [0.25, 0.3) is 0 Å². The molecule has 2 unspecified atom stereocenters. The average Bonchev–Trinajstić information content (AvgIpc) is 3.22. The zero-order valence-electron chi connectivity index (χ0n) is 17.1. The third-order valence-electron chi connectivity index (χ3n) is 5.58. The van der Waals surface area contributed by atoms with Gasteiger partial charge >= 0.3 is 5.97 Å². The normalized spacial score (nSPS) is 19.6. The second-order valence-corrected chi connectivity index (χ2v) is 9.38. The van der Waals surface area contributed by atoms with Crippen molar-refractivity contribution in [2.24, 2.45) is 0 Å². The molecule has 1 aromatic heterocycles. The minimum Gasteiger partial charge on any atom is -0.477 e. The number of benzene rings is 1. The van der Waals surface area contributed by atoms with Gasteiger partial charge in [0.1, 0.15) is 10.3 Å². The number of hydrogen-bond acceptors (Lipinski definition) is 4. The van der Waals surface area contributed by atoms with Gasteiger partial charge in [-0.2, -0.15) is 0 Å². The number of carbonyl (C=O) groups excluding carboxylic acids is 1. The molecule has 1 aromatic carbocycles. The molecule has 0 radical (unpaired) electrons. The van der Waals surface area contributed by atoms with E-state index in [1.54, 1.807) is 11.0 Å². The minimum absolute atomic E-state index is 0.0709. The number of aliphatic hydroxyl groups excluding tert-OH is 1. The highest BCUT2D eigenvalue weighted by Gasteiger charge is 2.46. The number of thiophene rings is 1. The van der Waals surface area contributed by atoms with E-state index >= 15 is 0 Å². The summed E-state index contributed by atoms with van der Waals surface area (Å²) < 4.78 is 0. The van der Waals surface area contributed by atoms with Crippen molar-refractivity contribution in [3.05, 3.63) is 51.7 Å². The lowest BCUT2D eigenvalue weighted by atomic mass is 9.93. The second-order valence-electron chi connectivity index (χ2n) is 7.74. The van der Waals surface area contributed by atoms with Crippen LogP contribution in [0.2, 0.25) is 0 Å². The van der Waals surface area contributed by atoms with Gasteiger partial charge in [-0.3, -0.25) is 4.79 Å². The Morgan fingerprint density at radius 2 is 1.90 bits per heavy atom. The summed E-state index contributed by atoms with van der Waals surface area (Å²) in [5, 5.41) is 18.8. The second kappa shape index (κ2) is 10.4. The van der Waals surface area contributed by atoms with E-state index in [-0.39, 0.29) is 11.9 Å². The predicted octanol–water partition coefficient (Wildman–Crippen LogP) is 5.41. The molecule has 0 bridgehead atoms. The number of amides is 1. The Balaban J connectivity index is 1.56. The fourth-order valence-electron chi connectivity index (χ4n) is 3.83. The Morgan fingerprint density at radius 1 is 1.17 bits per heavy atom. The standard InChI is InChI=1S/C23H28ClNO4S/c1-2-3-4-8-19(26)15-9-11-16(12-10-15)25-18(21(24)22(25)27)7-5-6-17-13-14-20(30-17)23(28)29/h9-14,18-19,21,26H,2-8H2,1H3,(H,28,29)/t18-,19?,21?/m0/s1. The number of anilines is 1. The van der Waals surface area contributed by atoms with Crippen LogP contribution in [-0.4, -0.2) is 33.5 Å². The molecule has 1 saturated heterocycles. The highest BCUT2D eigenvalue weighted by atomic mass is 35.5. The van der Waals surface area contributed by atoms with Crippen LogP contribution in [0, 0.1) is 0 Å². The number of unbranched alkanes of at least 4 members (excludes halogenated alkanes) is 2. The molecule has 0 saturated carbocycles.